The number of halogens is 3. The predicted octanol–water partition coefficient (Wildman–Crippen LogP) is 4.68. The largest absolute Gasteiger partial charge is 0.393 e. The maximum Gasteiger partial charge on any atom is 0.224 e. The lowest BCUT2D eigenvalue weighted by Gasteiger charge is -2.29. The average Bonchev–Trinajstić information content (AvgIpc) is 3.23. The first-order valence-electron chi connectivity index (χ1n) is 12.7. The van der Waals surface area contributed by atoms with Gasteiger partial charge in [0.05, 0.1) is 23.0 Å². The van der Waals surface area contributed by atoms with E-state index in [4.69, 9.17) is 22.3 Å². The third-order valence-corrected chi connectivity index (χ3v) is 7.83. The second-order valence-corrected chi connectivity index (χ2v) is 10.4. The van der Waals surface area contributed by atoms with E-state index in [0.29, 0.717) is 55.3 Å². The van der Waals surface area contributed by atoms with Gasteiger partial charge in [-0.1, -0.05) is 24.4 Å². The first-order chi connectivity index (χ1) is 17.8. The summed E-state index contributed by atoms with van der Waals surface area (Å²) in [6.07, 6.45) is 7.61. The van der Waals surface area contributed by atoms with Gasteiger partial charge in [0, 0.05) is 30.5 Å². The molecule has 2 fully saturated rings. The van der Waals surface area contributed by atoms with Crippen LogP contribution in [0.4, 0.5) is 26.4 Å². The van der Waals surface area contributed by atoms with Crippen molar-refractivity contribution in [1.82, 2.24) is 19.5 Å². The number of rotatable bonds is 7. The first-order valence-corrected chi connectivity index (χ1v) is 13.1. The number of benzene rings is 1. The zero-order chi connectivity index (χ0) is 26.1. The average molecular weight is 534 g/mol. The summed E-state index contributed by atoms with van der Waals surface area (Å²) in [6.45, 7) is 0.548. The highest BCUT2D eigenvalue weighted by Crippen LogP contribution is 2.38. The van der Waals surface area contributed by atoms with Crippen LogP contribution in [0.15, 0.2) is 18.3 Å². The molecule has 0 bridgehead atoms. The lowest BCUT2D eigenvalue weighted by atomic mass is 9.85. The highest BCUT2D eigenvalue weighted by molar-refractivity contribution is 6.33. The SMILES string of the molecule is NC(=O)[C@H]1CC[C@@H](n2c(Nc3c(F)cc(F)cc3Cl)nc3cnc(NC[C@@H]4CCCC[C@@H]4O)nc32)CC1. The number of nitrogens with two attached hydrogens (primary N) is 1. The molecule has 2 atom stereocenters. The number of nitrogens with one attached hydrogen (secondary N) is 2. The van der Waals surface area contributed by atoms with E-state index in [0.717, 1.165) is 37.8 Å². The summed E-state index contributed by atoms with van der Waals surface area (Å²) >= 11 is 6.14. The lowest BCUT2D eigenvalue weighted by Crippen LogP contribution is -2.30. The third-order valence-electron chi connectivity index (χ3n) is 7.53. The van der Waals surface area contributed by atoms with Crippen LogP contribution in [0.25, 0.3) is 11.2 Å². The third kappa shape index (κ3) is 5.47. The number of fused-ring (bicyclic) bond motifs is 1. The Labute approximate surface area is 217 Å². The van der Waals surface area contributed by atoms with Crippen LogP contribution in [0, 0.1) is 23.5 Å². The van der Waals surface area contributed by atoms with Crippen LogP contribution in [-0.4, -0.2) is 43.2 Å². The predicted molar refractivity (Wildman–Crippen MR) is 137 cm³/mol. The summed E-state index contributed by atoms with van der Waals surface area (Å²) < 4.78 is 30.1. The molecule has 9 nitrogen and oxygen atoms in total. The molecule has 198 valence electrons. The van der Waals surface area contributed by atoms with Gasteiger partial charge in [0.25, 0.3) is 0 Å². The molecule has 5 rings (SSSR count). The highest BCUT2D eigenvalue weighted by Gasteiger charge is 2.30. The summed E-state index contributed by atoms with van der Waals surface area (Å²) in [4.78, 5) is 25.4. The quantitative estimate of drug-likeness (QED) is 0.347. The van der Waals surface area contributed by atoms with Gasteiger partial charge in [0.2, 0.25) is 17.8 Å². The molecule has 1 aromatic carbocycles. The van der Waals surface area contributed by atoms with Gasteiger partial charge >= 0.3 is 0 Å². The Balaban J connectivity index is 1.48. The first kappa shape index (κ1) is 25.6. The van der Waals surface area contributed by atoms with E-state index in [9.17, 15) is 18.7 Å². The van der Waals surface area contributed by atoms with Gasteiger partial charge in [-0.25, -0.2) is 18.7 Å². The summed E-state index contributed by atoms with van der Waals surface area (Å²) in [6, 6.07) is 1.69. The molecule has 12 heteroatoms. The summed E-state index contributed by atoms with van der Waals surface area (Å²) in [5.41, 5.74) is 6.45. The van der Waals surface area contributed by atoms with E-state index in [-0.39, 0.29) is 40.6 Å². The topological polar surface area (TPSA) is 131 Å². The Kier molecular flexibility index (Phi) is 7.43. The van der Waals surface area contributed by atoms with Crippen LogP contribution in [0.3, 0.4) is 0 Å². The number of nitrogens with zero attached hydrogens (tertiary/aromatic N) is 4. The molecule has 2 aliphatic rings. The van der Waals surface area contributed by atoms with Gasteiger partial charge in [0.15, 0.2) is 11.5 Å². The number of anilines is 3. The number of carbonyl (C=O) groups is 1. The molecule has 2 heterocycles. The Morgan fingerprint density at radius 2 is 1.89 bits per heavy atom. The number of aromatic nitrogens is 4. The van der Waals surface area contributed by atoms with Crippen molar-refractivity contribution < 1.29 is 18.7 Å². The molecule has 0 aliphatic heterocycles. The second kappa shape index (κ2) is 10.7. The number of amides is 1. The fourth-order valence-corrected chi connectivity index (χ4v) is 5.69. The monoisotopic (exact) mass is 533 g/mol. The van der Waals surface area contributed by atoms with E-state index < -0.39 is 11.6 Å². The number of primary amides is 1. The number of hydrogen-bond donors (Lipinski definition) is 4. The van der Waals surface area contributed by atoms with Crippen molar-refractivity contribution in [2.24, 2.45) is 17.6 Å². The summed E-state index contributed by atoms with van der Waals surface area (Å²) in [5, 5.41) is 16.4. The highest BCUT2D eigenvalue weighted by atomic mass is 35.5. The van der Waals surface area contributed by atoms with Crippen molar-refractivity contribution in [3.63, 3.8) is 0 Å². The Hall–Kier alpha value is -3.05. The zero-order valence-electron chi connectivity index (χ0n) is 20.3. The van der Waals surface area contributed by atoms with Crippen LogP contribution in [0.1, 0.15) is 57.4 Å². The maximum absolute atomic E-state index is 14.6. The number of carbonyl (C=O) groups excluding carboxylic acids is 1. The fraction of sp³-hybridized carbons (Fsp3) is 0.520. The molecular weight excluding hydrogens is 504 g/mol. The number of aliphatic hydroxyl groups is 1. The lowest BCUT2D eigenvalue weighted by molar-refractivity contribution is -0.122. The molecule has 0 unspecified atom stereocenters. The van der Waals surface area contributed by atoms with Crippen molar-refractivity contribution in [1.29, 1.82) is 0 Å². The zero-order valence-corrected chi connectivity index (χ0v) is 21.0. The van der Waals surface area contributed by atoms with Crippen LogP contribution in [-0.2, 0) is 4.79 Å². The van der Waals surface area contributed by atoms with Crippen molar-refractivity contribution >= 4 is 46.3 Å². The van der Waals surface area contributed by atoms with Gasteiger partial charge in [-0.3, -0.25) is 9.36 Å². The molecule has 2 aromatic heterocycles. The smallest absolute Gasteiger partial charge is 0.224 e. The minimum Gasteiger partial charge on any atom is -0.393 e. The van der Waals surface area contributed by atoms with Crippen LogP contribution in [0.5, 0.6) is 0 Å². The molecule has 2 aliphatic carbocycles. The van der Waals surface area contributed by atoms with Gasteiger partial charge in [-0.05, 0) is 44.6 Å². The van der Waals surface area contributed by atoms with E-state index in [1.807, 2.05) is 4.57 Å². The van der Waals surface area contributed by atoms with Crippen molar-refractivity contribution in [3.8, 4) is 0 Å². The second-order valence-electron chi connectivity index (χ2n) is 9.98. The summed E-state index contributed by atoms with van der Waals surface area (Å²) in [7, 11) is 0. The Bertz CT molecular complexity index is 1270. The Morgan fingerprint density at radius 3 is 2.59 bits per heavy atom. The molecule has 0 saturated heterocycles. The maximum atomic E-state index is 14.6. The van der Waals surface area contributed by atoms with Gasteiger partial charge in [-0.15, -0.1) is 0 Å². The van der Waals surface area contributed by atoms with Gasteiger partial charge < -0.3 is 21.5 Å². The van der Waals surface area contributed by atoms with E-state index >= 15 is 0 Å². The molecule has 0 radical (unpaired) electrons. The molecule has 37 heavy (non-hydrogen) atoms. The van der Waals surface area contributed by atoms with Crippen LogP contribution < -0.4 is 16.4 Å². The van der Waals surface area contributed by atoms with E-state index in [1.165, 1.54) is 0 Å². The van der Waals surface area contributed by atoms with E-state index in [2.05, 4.69) is 20.6 Å². The van der Waals surface area contributed by atoms with Crippen LogP contribution in [0.2, 0.25) is 5.02 Å². The number of imidazole rings is 1. The summed E-state index contributed by atoms with van der Waals surface area (Å²) in [5.74, 6) is -1.32. The standard InChI is InChI=1S/C25H30ClF2N7O2/c26-17-9-15(27)10-18(28)21(17)33-25-32-19-12-31-24(30-11-14-3-1-2-4-20(14)36)34-23(19)35(25)16-7-5-13(6-8-16)22(29)37/h9-10,12-14,16,20,36H,1-8,11H2,(H2,29,37)(H,32,33)(H,30,31,34)/t13-,14-,16+,20-/m0/s1. The molecular formula is C25H30ClF2N7O2. The van der Waals surface area contributed by atoms with Gasteiger partial charge in [0.1, 0.15) is 11.3 Å². The molecule has 2 saturated carbocycles. The van der Waals surface area contributed by atoms with Crippen molar-refractivity contribution in [3.05, 3.63) is 35.0 Å². The molecule has 1 amide bonds. The van der Waals surface area contributed by atoms with E-state index in [1.54, 1.807) is 6.20 Å². The normalized spacial score (nSPS) is 24.2. The Morgan fingerprint density at radius 1 is 1.14 bits per heavy atom. The fourth-order valence-electron chi connectivity index (χ4n) is 5.45. The number of aliphatic hydroxyl groups excluding tert-OH is 1. The van der Waals surface area contributed by atoms with Crippen molar-refractivity contribution in [2.75, 3.05) is 17.2 Å². The number of hydrogen-bond acceptors (Lipinski definition) is 7. The van der Waals surface area contributed by atoms with Crippen LogP contribution >= 0.6 is 11.6 Å². The van der Waals surface area contributed by atoms with Gasteiger partial charge in [-0.2, -0.15) is 4.98 Å². The minimum absolute atomic E-state index is 0.0895. The minimum atomic E-state index is -0.847. The molecule has 5 N–H and O–H groups in total. The molecule has 0 spiro atoms. The van der Waals surface area contributed by atoms with Crippen molar-refractivity contribution in [2.45, 2.75) is 63.5 Å². The molecule has 3 aromatic rings.